The lowest BCUT2D eigenvalue weighted by atomic mass is 9.95. The number of thiophene rings is 1. The van der Waals surface area contributed by atoms with Gasteiger partial charge in [-0.25, -0.2) is 0 Å². The molecule has 1 N–H and O–H groups in total. The van der Waals surface area contributed by atoms with Crippen LogP contribution in [0.25, 0.3) is 0 Å². The van der Waals surface area contributed by atoms with Gasteiger partial charge in [0.2, 0.25) is 5.91 Å². The molecule has 0 radical (unpaired) electrons. The average molecular weight is 421 g/mol. The first-order chi connectivity index (χ1) is 12.1. The van der Waals surface area contributed by atoms with Gasteiger partial charge in [-0.3, -0.25) is 9.69 Å². The number of carbonyl (C=O) groups is 1. The summed E-state index contributed by atoms with van der Waals surface area (Å²) >= 11 is 5.23. The van der Waals surface area contributed by atoms with Gasteiger partial charge in [-0.05, 0) is 66.0 Å². The first kappa shape index (κ1) is 18.6. The Labute approximate surface area is 162 Å². The van der Waals surface area contributed by atoms with E-state index in [4.69, 9.17) is 0 Å². The number of nitrogens with zero attached hydrogens (tertiary/aromatic N) is 1. The number of likely N-dealkylation sites (N-methyl/N-ethyl adjacent to an activating group) is 1. The molecule has 25 heavy (non-hydrogen) atoms. The molecule has 0 spiro atoms. The monoisotopic (exact) mass is 420 g/mol. The van der Waals surface area contributed by atoms with Crippen LogP contribution in [0.15, 0.2) is 45.6 Å². The van der Waals surface area contributed by atoms with Crippen molar-refractivity contribution in [3.63, 3.8) is 0 Å². The van der Waals surface area contributed by atoms with E-state index >= 15 is 0 Å². The smallest absolute Gasteiger partial charge is 0.230 e. The lowest BCUT2D eigenvalue weighted by Crippen LogP contribution is -2.41. The van der Waals surface area contributed by atoms with E-state index < -0.39 is 0 Å². The minimum absolute atomic E-state index is 0.165. The second-order valence-electron chi connectivity index (χ2n) is 6.60. The fraction of sp³-hybridized carbons (Fsp3) is 0.450. The second kappa shape index (κ2) is 8.02. The standard InChI is InChI=1S/C20H25BrN2OS/c1-3-23(4-2)18(15-8-11-25-14-15)13-22-19(24)20(9-10-20)16-6-5-7-17(21)12-16/h5-8,11-12,14,18H,3-4,9-10,13H2,1-2H3,(H,22,24). The number of halogens is 1. The first-order valence-corrected chi connectivity index (χ1v) is 10.6. The SMILES string of the molecule is CCN(CC)C(CNC(=O)C1(c2cccc(Br)c2)CC1)c1ccsc1. The molecule has 3 nitrogen and oxygen atoms in total. The van der Waals surface area contributed by atoms with Crippen LogP contribution in [0.1, 0.15) is 43.9 Å². The lowest BCUT2D eigenvalue weighted by Gasteiger charge is -2.30. The zero-order chi connectivity index (χ0) is 17.9. The van der Waals surface area contributed by atoms with Gasteiger partial charge in [0.25, 0.3) is 0 Å². The molecule has 1 fully saturated rings. The summed E-state index contributed by atoms with van der Waals surface area (Å²) in [7, 11) is 0. The zero-order valence-electron chi connectivity index (χ0n) is 14.8. The predicted octanol–water partition coefficient (Wildman–Crippen LogP) is 4.74. The maximum Gasteiger partial charge on any atom is 0.230 e. The van der Waals surface area contributed by atoms with Crippen molar-refractivity contribution in [1.29, 1.82) is 0 Å². The Balaban J connectivity index is 1.71. The number of nitrogens with one attached hydrogen (secondary N) is 1. The van der Waals surface area contributed by atoms with Gasteiger partial charge < -0.3 is 5.32 Å². The maximum absolute atomic E-state index is 13.0. The van der Waals surface area contributed by atoms with Crippen molar-refractivity contribution in [2.75, 3.05) is 19.6 Å². The summed E-state index contributed by atoms with van der Waals surface area (Å²) in [6.07, 6.45) is 1.87. The van der Waals surface area contributed by atoms with E-state index in [2.05, 4.69) is 69.0 Å². The topological polar surface area (TPSA) is 32.3 Å². The third kappa shape index (κ3) is 3.99. The van der Waals surface area contributed by atoms with Crippen LogP contribution in [0.4, 0.5) is 0 Å². The summed E-state index contributed by atoms with van der Waals surface area (Å²) in [5, 5.41) is 7.55. The predicted molar refractivity (Wildman–Crippen MR) is 108 cm³/mol. The highest BCUT2D eigenvalue weighted by Crippen LogP contribution is 2.48. The fourth-order valence-corrected chi connectivity index (χ4v) is 4.61. The van der Waals surface area contributed by atoms with Crippen LogP contribution < -0.4 is 5.32 Å². The maximum atomic E-state index is 13.0. The normalized spacial score (nSPS) is 16.6. The molecule has 5 heteroatoms. The van der Waals surface area contributed by atoms with Crippen molar-refractivity contribution in [3.8, 4) is 0 Å². The molecule has 1 amide bonds. The summed E-state index contributed by atoms with van der Waals surface area (Å²) in [5.41, 5.74) is 2.09. The molecule has 1 saturated carbocycles. The zero-order valence-corrected chi connectivity index (χ0v) is 17.2. The summed E-state index contributed by atoms with van der Waals surface area (Å²) in [5.74, 6) is 0.165. The van der Waals surface area contributed by atoms with E-state index in [9.17, 15) is 4.79 Å². The molecule has 1 unspecified atom stereocenters. The number of hydrogen-bond donors (Lipinski definition) is 1. The number of carbonyl (C=O) groups excluding carboxylic acids is 1. The van der Waals surface area contributed by atoms with Crippen molar-refractivity contribution in [1.82, 2.24) is 10.2 Å². The van der Waals surface area contributed by atoms with Crippen LogP contribution in [0.5, 0.6) is 0 Å². The molecule has 1 atom stereocenters. The molecular weight excluding hydrogens is 396 g/mol. The molecule has 1 aliphatic rings. The van der Waals surface area contributed by atoms with E-state index in [-0.39, 0.29) is 17.4 Å². The molecule has 3 rings (SSSR count). The van der Waals surface area contributed by atoms with Crippen molar-refractivity contribution < 1.29 is 4.79 Å². The average Bonchev–Trinajstić information content (AvgIpc) is 3.26. The van der Waals surface area contributed by atoms with Crippen LogP contribution in [0.3, 0.4) is 0 Å². The molecule has 0 bridgehead atoms. The molecule has 134 valence electrons. The Morgan fingerprint density at radius 3 is 2.64 bits per heavy atom. The van der Waals surface area contributed by atoms with Gasteiger partial charge >= 0.3 is 0 Å². The van der Waals surface area contributed by atoms with Crippen LogP contribution in [0, 0.1) is 0 Å². The van der Waals surface area contributed by atoms with Gasteiger partial charge in [-0.1, -0.05) is 41.9 Å². The van der Waals surface area contributed by atoms with Gasteiger partial charge in [-0.15, -0.1) is 0 Å². The van der Waals surface area contributed by atoms with Crippen LogP contribution in [0.2, 0.25) is 0 Å². The highest BCUT2D eigenvalue weighted by Gasteiger charge is 2.51. The van der Waals surface area contributed by atoms with Crippen molar-refractivity contribution >= 4 is 33.2 Å². The second-order valence-corrected chi connectivity index (χ2v) is 8.29. The molecule has 1 aromatic carbocycles. The fourth-order valence-electron chi connectivity index (χ4n) is 3.50. The summed E-state index contributed by atoms with van der Waals surface area (Å²) in [6.45, 7) is 6.96. The van der Waals surface area contributed by atoms with Gasteiger partial charge in [-0.2, -0.15) is 11.3 Å². The number of amides is 1. The molecule has 0 aliphatic heterocycles. The van der Waals surface area contributed by atoms with Crippen molar-refractivity contribution in [3.05, 3.63) is 56.7 Å². The van der Waals surface area contributed by atoms with Gasteiger partial charge in [0.15, 0.2) is 0 Å². The lowest BCUT2D eigenvalue weighted by molar-refractivity contribution is -0.123. The molecule has 0 saturated heterocycles. The third-order valence-corrected chi connectivity index (χ3v) is 6.39. The Morgan fingerprint density at radius 1 is 1.32 bits per heavy atom. The van der Waals surface area contributed by atoms with E-state index in [1.165, 1.54) is 5.56 Å². The summed E-state index contributed by atoms with van der Waals surface area (Å²) in [6, 6.07) is 10.6. The van der Waals surface area contributed by atoms with Gasteiger partial charge in [0, 0.05) is 11.0 Å². The summed E-state index contributed by atoms with van der Waals surface area (Å²) in [4.78, 5) is 15.4. The van der Waals surface area contributed by atoms with Crippen molar-refractivity contribution in [2.24, 2.45) is 0 Å². The summed E-state index contributed by atoms with van der Waals surface area (Å²) < 4.78 is 1.03. The van der Waals surface area contributed by atoms with E-state index in [0.29, 0.717) is 6.54 Å². The molecule has 1 aliphatic carbocycles. The molecular formula is C20H25BrN2OS. The highest BCUT2D eigenvalue weighted by atomic mass is 79.9. The Bertz CT molecular complexity index is 708. The largest absolute Gasteiger partial charge is 0.353 e. The Hall–Kier alpha value is -1.17. The quantitative estimate of drug-likeness (QED) is 0.668. The van der Waals surface area contributed by atoms with E-state index in [0.717, 1.165) is 36.0 Å². The van der Waals surface area contributed by atoms with Crippen LogP contribution in [-0.2, 0) is 10.2 Å². The van der Waals surface area contributed by atoms with Crippen molar-refractivity contribution in [2.45, 2.75) is 38.1 Å². The number of rotatable bonds is 8. The first-order valence-electron chi connectivity index (χ1n) is 8.91. The minimum atomic E-state index is -0.327. The van der Waals surface area contributed by atoms with Gasteiger partial charge in [0.05, 0.1) is 11.5 Å². The molecule has 1 aromatic heterocycles. The van der Waals surface area contributed by atoms with E-state index in [1.807, 2.05) is 12.1 Å². The van der Waals surface area contributed by atoms with E-state index in [1.54, 1.807) is 11.3 Å². The molecule has 1 heterocycles. The highest BCUT2D eigenvalue weighted by molar-refractivity contribution is 9.10. The van der Waals surface area contributed by atoms with Gasteiger partial charge in [0.1, 0.15) is 0 Å². The Morgan fingerprint density at radius 2 is 2.08 bits per heavy atom. The number of hydrogen-bond acceptors (Lipinski definition) is 3. The number of benzene rings is 1. The van der Waals surface area contributed by atoms with Crippen LogP contribution >= 0.6 is 27.3 Å². The third-order valence-electron chi connectivity index (χ3n) is 5.20. The van der Waals surface area contributed by atoms with Crippen LogP contribution in [-0.4, -0.2) is 30.4 Å². The Kier molecular flexibility index (Phi) is 5.97. The molecule has 2 aromatic rings. The minimum Gasteiger partial charge on any atom is -0.353 e.